The van der Waals surface area contributed by atoms with E-state index in [1.807, 2.05) is 25.1 Å². The van der Waals surface area contributed by atoms with E-state index >= 15 is 0 Å². The van der Waals surface area contributed by atoms with Crippen LogP contribution in [-0.2, 0) is 11.2 Å². The number of amides is 1. The maximum atomic E-state index is 12.7. The van der Waals surface area contributed by atoms with Gasteiger partial charge >= 0.3 is 0 Å². The molecule has 0 radical (unpaired) electrons. The van der Waals surface area contributed by atoms with Gasteiger partial charge in [-0.25, -0.2) is 0 Å². The second kappa shape index (κ2) is 6.24. The van der Waals surface area contributed by atoms with Crippen molar-refractivity contribution >= 4 is 23.1 Å². The van der Waals surface area contributed by atoms with Gasteiger partial charge in [0.25, 0.3) is 0 Å². The molecule has 3 rings (SSSR count). The Kier molecular flexibility index (Phi) is 4.15. The molecule has 2 aromatic rings. The number of benzene rings is 2. The van der Waals surface area contributed by atoms with Crippen molar-refractivity contribution in [3.05, 3.63) is 59.2 Å². The highest BCUT2D eigenvalue weighted by atomic mass is 16.2. The second-order valence-electron chi connectivity index (χ2n) is 5.80. The van der Waals surface area contributed by atoms with Crippen LogP contribution in [-0.4, -0.2) is 18.2 Å². The van der Waals surface area contributed by atoms with Gasteiger partial charge in [-0.15, -0.1) is 0 Å². The minimum Gasteiger partial charge on any atom is -0.399 e. The van der Waals surface area contributed by atoms with Crippen LogP contribution in [0, 0.1) is 0 Å². The van der Waals surface area contributed by atoms with E-state index in [0.717, 1.165) is 30.6 Å². The minimum absolute atomic E-state index is 0.0745. The van der Waals surface area contributed by atoms with Crippen LogP contribution >= 0.6 is 0 Å². The van der Waals surface area contributed by atoms with E-state index in [1.54, 1.807) is 29.2 Å². The van der Waals surface area contributed by atoms with Crippen LogP contribution in [0.25, 0.3) is 0 Å². The summed E-state index contributed by atoms with van der Waals surface area (Å²) in [6, 6.07) is 12.6. The lowest BCUT2D eigenvalue weighted by molar-refractivity contribution is -0.118. The number of carbonyl (C=O) groups is 2. The number of ketones is 1. The molecule has 4 heteroatoms. The number of nitrogens with two attached hydrogens (primary N) is 1. The number of carbonyl (C=O) groups excluding carboxylic acids is 2. The summed E-state index contributed by atoms with van der Waals surface area (Å²) in [6.07, 6.45) is 2.36. The van der Waals surface area contributed by atoms with Crippen LogP contribution < -0.4 is 10.6 Å². The van der Waals surface area contributed by atoms with E-state index < -0.39 is 0 Å². The molecule has 0 aliphatic carbocycles. The Hall–Kier alpha value is -2.62. The standard InChI is InChI=1S/C19H20N2O2/c1-2-18(22)21-10-4-6-13-8-9-15(12-17(13)21)19(23)14-5-3-7-16(20)11-14/h3,5,7-9,11-12H,2,4,6,10,20H2,1H3. The summed E-state index contributed by atoms with van der Waals surface area (Å²) < 4.78 is 0. The molecule has 0 saturated carbocycles. The van der Waals surface area contributed by atoms with Crippen molar-refractivity contribution in [3.8, 4) is 0 Å². The van der Waals surface area contributed by atoms with Crippen LogP contribution in [0.1, 0.15) is 41.3 Å². The van der Waals surface area contributed by atoms with Gasteiger partial charge in [0, 0.05) is 35.5 Å². The smallest absolute Gasteiger partial charge is 0.226 e. The van der Waals surface area contributed by atoms with Crippen molar-refractivity contribution < 1.29 is 9.59 Å². The first kappa shape index (κ1) is 15.3. The minimum atomic E-state index is -0.0745. The van der Waals surface area contributed by atoms with Crippen LogP contribution in [0.15, 0.2) is 42.5 Å². The molecule has 2 aromatic carbocycles. The number of hydrogen-bond donors (Lipinski definition) is 1. The molecule has 0 saturated heterocycles. The third-order valence-corrected chi connectivity index (χ3v) is 4.22. The molecule has 0 bridgehead atoms. The highest BCUT2D eigenvalue weighted by Gasteiger charge is 2.23. The largest absolute Gasteiger partial charge is 0.399 e. The number of nitrogens with zero attached hydrogens (tertiary/aromatic N) is 1. The molecule has 4 nitrogen and oxygen atoms in total. The van der Waals surface area contributed by atoms with Crippen molar-refractivity contribution in [3.63, 3.8) is 0 Å². The van der Waals surface area contributed by atoms with Crippen LogP contribution in [0.5, 0.6) is 0 Å². The Labute approximate surface area is 135 Å². The van der Waals surface area contributed by atoms with E-state index in [1.165, 1.54) is 0 Å². The first-order valence-electron chi connectivity index (χ1n) is 7.93. The predicted molar refractivity (Wildman–Crippen MR) is 91.7 cm³/mol. The maximum Gasteiger partial charge on any atom is 0.226 e. The lowest BCUT2D eigenvalue weighted by Crippen LogP contribution is -2.35. The molecule has 2 N–H and O–H groups in total. The molecule has 1 aliphatic rings. The average Bonchev–Trinajstić information content (AvgIpc) is 2.59. The van der Waals surface area contributed by atoms with E-state index in [4.69, 9.17) is 5.73 Å². The highest BCUT2D eigenvalue weighted by molar-refractivity contribution is 6.10. The summed E-state index contributed by atoms with van der Waals surface area (Å²) in [7, 11) is 0. The zero-order chi connectivity index (χ0) is 16.4. The molecule has 0 spiro atoms. The van der Waals surface area contributed by atoms with Crippen molar-refractivity contribution in [2.45, 2.75) is 26.2 Å². The third-order valence-electron chi connectivity index (χ3n) is 4.22. The van der Waals surface area contributed by atoms with Crippen molar-refractivity contribution in [1.82, 2.24) is 0 Å². The van der Waals surface area contributed by atoms with Gasteiger partial charge in [-0.3, -0.25) is 9.59 Å². The van der Waals surface area contributed by atoms with E-state index in [2.05, 4.69) is 0 Å². The molecule has 0 aromatic heterocycles. The SMILES string of the molecule is CCC(=O)N1CCCc2ccc(C(=O)c3cccc(N)c3)cc21. The third kappa shape index (κ3) is 2.97. The molecule has 0 fully saturated rings. The van der Waals surface area contributed by atoms with Crippen LogP contribution in [0.3, 0.4) is 0 Å². The Morgan fingerprint density at radius 3 is 2.65 bits per heavy atom. The van der Waals surface area contributed by atoms with Gasteiger partial charge in [-0.05, 0) is 36.6 Å². The van der Waals surface area contributed by atoms with Crippen LogP contribution in [0.2, 0.25) is 0 Å². The number of fused-ring (bicyclic) bond motifs is 1. The topological polar surface area (TPSA) is 63.4 Å². The zero-order valence-corrected chi connectivity index (χ0v) is 13.2. The Balaban J connectivity index is 1.99. The molecule has 1 amide bonds. The number of rotatable bonds is 3. The molecule has 0 unspecified atom stereocenters. The van der Waals surface area contributed by atoms with Gasteiger partial charge in [-0.2, -0.15) is 0 Å². The summed E-state index contributed by atoms with van der Waals surface area (Å²) in [5.74, 6) is 0.0223. The Morgan fingerprint density at radius 1 is 1.13 bits per heavy atom. The number of aryl methyl sites for hydroxylation is 1. The summed E-state index contributed by atoms with van der Waals surface area (Å²) in [6.45, 7) is 2.58. The molecule has 23 heavy (non-hydrogen) atoms. The zero-order valence-electron chi connectivity index (χ0n) is 13.2. The Morgan fingerprint density at radius 2 is 1.91 bits per heavy atom. The molecular formula is C19H20N2O2. The lowest BCUT2D eigenvalue weighted by atomic mass is 9.96. The average molecular weight is 308 g/mol. The summed E-state index contributed by atoms with van der Waals surface area (Å²) >= 11 is 0. The molecule has 118 valence electrons. The van der Waals surface area contributed by atoms with Crippen LogP contribution in [0.4, 0.5) is 11.4 Å². The van der Waals surface area contributed by atoms with Gasteiger partial charge in [0.15, 0.2) is 5.78 Å². The summed E-state index contributed by atoms with van der Waals surface area (Å²) in [4.78, 5) is 26.6. The fraction of sp³-hybridized carbons (Fsp3) is 0.263. The molecule has 1 heterocycles. The van der Waals surface area contributed by atoms with Gasteiger partial charge < -0.3 is 10.6 Å². The fourth-order valence-corrected chi connectivity index (χ4v) is 3.01. The summed E-state index contributed by atoms with van der Waals surface area (Å²) in [5, 5.41) is 0. The van der Waals surface area contributed by atoms with Crippen molar-refractivity contribution in [2.24, 2.45) is 0 Å². The fourth-order valence-electron chi connectivity index (χ4n) is 3.01. The number of anilines is 2. The van der Waals surface area contributed by atoms with E-state index in [0.29, 0.717) is 23.2 Å². The van der Waals surface area contributed by atoms with E-state index in [9.17, 15) is 9.59 Å². The van der Waals surface area contributed by atoms with Crippen molar-refractivity contribution in [1.29, 1.82) is 0 Å². The quantitative estimate of drug-likeness (QED) is 0.699. The monoisotopic (exact) mass is 308 g/mol. The first-order chi connectivity index (χ1) is 11.1. The number of hydrogen-bond acceptors (Lipinski definition) is 3. The molecule has 0 atom stereocenters. The normalized spacial score (nSPS) is 13.5. The molecular weight excluding hydrogens is 288 g/mol. The van der Waals surface area contributed by atoms with E-state index in [-0.39, 0.29) is 11.7 Å². The second-order valence-corrected chi connectivity index (χ2v) is 5.80. The first-order valence-corrected chi connectivity index (χ1v) is 7.93. The molecule has 1 aliphatic heterocycles. The Bertz CT molecular complexity index is 768. The highest BCUT2D eigenvalue weighted by Crippen LogP contribution is 2.29. The maximum absolute atomic E-state index is 12.7. The van der Waals surface area contributed by atoms with Gasteiger partial charge in [0.05, 0.1) is 0 Å². The predicted octanol–water partition coefficient (Wildman–Crippen LogP) is 3.19. The van der Waals surface area contributed by atoms with Gasteiger partial charge in [-0.1, -0.05) is 31.2 Å². The van der Waals surface area contributed by atoms with Crippen molar-refractivity contribution in [2.75, 3.05) is 17.2 Å². The lowest BCUT2D eigenvalue weighted by Gasteiger charge is -2.29. The summed E-state index contributed by atoms with van der Waals surface area (Å²) in [5.41, 5.74) is 9.48. The van der Waals surface area contributed by atoms with Gasteiger partial charge in [0.2, 0.25) is 5.91 Å². The number of nitrogen functional groups attached to an aromatic ring is 1. The van der Waals surface area contributed by atoms with Gasteiger partial charge in [0.1, 0.15) is 0 Å².